The number of aliphatic imine (C=N–C) groups is 1. The molecule has 2 N–H and O–H groups in total. The first kappa shape index (κ1) is 22.6. The van der Waals surface area contributed by atoms with E-state index < -0.39 is 0 Å². The number of ether oxygens (including phenoxy) is 2. The van der Waals surface area contributed by atoms with Gasteiger partial charge in [0.1, 0.15) is 0 Å². The quantitative estimate of drug-likeness (QED) is 0.339. The summed E-state index contributed by atoms with van der Waals surface area (Å²) in [6.07, 6.45) is 0. The van der Waals surface area contributed by atoms with Crippen LogP contribution in [0.2, 0.25) is 0 Å². The third kappa shape index (κ3) is 7.78. The van der Waals surface area contributed by atoms with Gasteiger partial charge in [-0.25, -0.2) is 0 Å². The zero-order valence-corrected chi connectivity index (χ0v) is 18.5. The molecule has 1 fully saturated rings. The molecular formula is C17H31IN4O2S. The average Bonchev–Trinajstić information content (AvgIpc) is 3.10. The Balaban J connectivity index is 0.00000312. The third-order valence-corrected chi connectivity index (χ3v) is 4.90. The van der Waals surface area contributed by atoms with Crippen molar-refractivity contribution in [3.05, 3.63) is 22.4 Å². The highest BCUT2D eigenvalue weighted by molar-refractivity contribution is 14.0. The molecular weight excluding hydrogens is 451 g/mol. The summed E-state index contributed by atoms with van der Waals surface area (Å²) in [5.41, 5.74) is 0. The van der Waals surface area contributed by atoms with Crippen LogP contribution in [0.3, 0.4) is 0 Å². The van der Waals surface area contributed by atoms with Crippen LogP contribution in [0.4, 0.5) is 0 Å². The van der Waals surface area contributed by atoms with E-state index in [1.807, 2.05) is 0 Å². The first-order chi connectivity index (χ1) is 11.7. The number of hydrogen-bond donors (Lipinski definition) is 2. The smallest absolute Gasteiger partial charge is 0.191 e. The summed E-state index contributed by atoms with van der Waals surface area (Å²) in [6.45, 7) is 9.92. The molecule has 0 aromatic carbocycles. The molecule has 0 spiro atoms. The summed E-state index contributed by atoms with van der Waals surface area (Å²) < 4.78 is 10.7. The Morgan fingerprint density at radius 2 is 2.20 bits per heavy atom. The van der Waals surface area contributed by atoms with E-state index in [4.69, 9.17) is 14.5 Å². The lowest BCUT2D eigenvalue weighted by Crippen LogP contribution is -2.45. The van der Waals surface area contributed by atoms with Crippen LogP contribution >= 0.6 is 35.3 Å². The first-order valence-electron chi connectivity index (χ1n) is 8.63. The normalized spacial score (nSPS) is 18.3. The number of nitrogens with one attached hydrogen (secondary N) is 2. The second-order valence-electron chi connectivity index (χ2n) is 5.90. The van der Waals surface area contributed by atoms with Gasteiger partial charge in [0.05, 0.1) is 32.4 Å². The van der Waals surface area contributed by atoms with Gasteiger partial charge < -0.3 is 20.1 Å². The largest absolute Gasteiger partial charge is 0.383 e. The van der Waals surface area contributed by atoms with Gasteiger partial charge in [-0.15, -0.1) is 35.3 Å². The number of methoxy groups -OCH3 is 1. The molecule has 0 radical (unpaired) electrons. The summed E-state index contributed by atoms with van der Waals surface area (Å²) in [4.78, 5) is 8.67. The van der Waals surface area contributed by atoms with Crippen molar-refractivity contribution in [2.24, 2.45) is 4.99 Å². The zero-order valence-electron chi connectivity index (χ0n) is 15.4. The molecule has 1 saturated heterocycles. The van der Waals surface area contributed by atoms with Crippen LogP contribution in [0.25, 0.3) is 0 Å². The molecule has 1 aromatic rings. The Morgan fingerprint density at radius 1 is 1.44 bits per heavy atom. The molecule has 25 heavy (non-hydrogen) atoms. The van der Waals surface area contributed by atoms with Gasteiger partial charge in [0.25, 0.3) is 0 Å². The van der Waals surface area contributed by atoms with Crippen molar-refractivity contribution < 1.29 is 9.47 Å². The molecule has 2 rings (SSSR count). The number of halogens is 1. The Morgan fingerprint density at radius 3 is 2.80 bits per heavy atom. The van der Waals surface area contributed by atoms with Gasteiger partial charge in [-0.2, -0.15) is 0 Å². The lowest BCUT2D eigenvalue weighted by molar-refractivity contribution is 0.0186. The summed E-state index contributed by atoms with van der Waals surface area (Å²) in [6, 6.07) is 4.84. The van der Waals surface area contributed by atoms with E-state index in [2.05, 4.69) is 46.9 Å². The van der Waals surface area contributed by atoms with Crippen molar-refractivity contribution in [1.29, 1.82) is 0 Å². The zero-order chi connectivity index (χ0) is 17.2. The summed E-state index contributed by atoms with van der Waals surface area (Å²) in [7, 11) is 1.72. The fourth-order valence-corrected chi connectivity index (χ4v) is 3.63. The fraction of sp³-hybridized carbons (Fsp3) is 0.706. The van der Waals surface area contributed by atoms with E-state index in [0.717, 1.165) is 45.4 Å². The van der Waals surface area contributed by atoms with Gasteiger partial charge in [-0.1, -0.05) is 6.07 Å². The summed E-state index contributed by atoms with van der Waals surface area (Å²) in [5, 5.41) is 8.85. The van der Waals surface area contributed by atoms with Gasteiger partial charge in [0.15, 0.2) is 5.96 Å². The topological polar surface area (TPSA) is 58.1 Å². The maximum Gasteiger partial charge on any atom is 0.191 e. The van der Waals surface area contributed by atoms with E-state index in [1.54, 1.807) is 18.4 Å². The lowest BCUT2D eigenvalue weighted by atomic mass is 10.2. The van der Waals surface area contributed by atoms with Crippen LogP contribution < -0.4 is 10.6 Å². The summed E-state index contributed by atoms with van der Waals surface area (Å²) >= 11 is 1.80. The molecule has 8 heteroatoms. The molecule has 0 saturated carbocycles. The number of hydrogen-bond acceptors (Lipinski definition) is 5. The predicted molar refractivity (Wildman–Crippen MR) is 115 cm³/mol. The van der Waals surface area contributed by atoms with E-state index in [9.17, 15) is 0 Å². The molecule has 0 amide bonds. The Labute approximate surface area is 172 Å². The Bertz CT molecular complexity index is 481. The van der Waals surface area contributed by atoms with Gasteiger partial charge in [0.2, 0.25) is 0 Å². The molecule has 2 unspecified atom stereocenters. The van der Waals surface area contributed by atoms with Gasteiger partial charge >= 0.3 is 0 Å². The standard InChI is InChI=1S/C17H30N4O2S.HI/c1-4-18-17(20-14(2)13-22-3)19-12-15(16-6-5-11-24-16)21-7-9-23-10-8-21;/h5-6,11,14-15H,4,7-10,12-13H2,1-3H3,(H2,18,19,20);1H. The minimum atomic E-state index is 0. The number of morpholine rings is 1. The number of nitrogens with zero attached hydrogens (tertiary/aromatic N) is 2. The lowest BCUT2D eigenvalue weighted by Gasteiger charge is -2.33. The SMILES string of the molecule is CCNC(=NCC(c1cccs1)N1CCOCC1)NC(C)COC.I. The molecule has 0 bridgehead atoms. The predicted octanol–water partition coefficient (Wildman–Crippen LogP) is 2.33. The van der Waals surface area contributed by atoms with Gasteiger partial charge in [-0.05, 0) is 25.3 Å². The molecule has 1 aliphatic heterocycles. The first-order valence-corrected chi connectivity index (χ1v) is 9.51. The molecule has 1 aliphatic rings. The van der Waals surface area contributed by atoms with E-state index in [0.29, 0.717) is 12.6 Å². The van der Waals surface area contributed by atoms with Crippen molar-refractivity contribution in [1.82, 2.24) is 15.5 Å². The van der Waals surface area contributed by atoms with E-state index >= 15 is 0 Å². The van der Waals surface area contributed by atoms with Crippen LogP contribution in [-0.4, -0.2) is 70.0 Å². The highest BCUT2D eigenvalue weighted by Gasteiger charge is 2.23. The average molecular weight is 482 g/mol. The second-order valence-corrected chi connectivity index (χ2v) is 6.88. The van der Waals surface area contributed by atoms with Crippen LogP contribution in [0.15, 0.2) is 22.5 Å². The highest BCUT2D eigenvalue weighted by atomic mass is 127. The molecule has 2 atom stereocenters. The van der Waals surface area contributed by atoms with Crippen LogP contribution in [0.1, 0.15) is 24.8 Å². The third-order valence-electron chi connectivity index (χ3n) is 3.92. The molecule has 2 heterocycles. The van der Waals surface area contributed by atoms with Crippen molar-refractivity contribution in [2.75, 3.05) is 53.1 Å². The van der Waals surface area contributed by atoms with E-state index in [-0.39, 0.29) is 30.0 Å². The Hall–Kier alpha value is -0.420. The molecule has 1 aromatic heterocycles. The van der Waals surface area contributed by atoms with Gasteiger partial charge in [0, 0.05) is 37.7 Å². The minimum Gasteiger partial charge on any atom is -0.383 e. The van der Waals surface area contributed by atoms with Crippen molar-refractivity contribution in [3.8, 4) is 0 Å². The second kappa shape index (κ2) is 12.9. The molecule has 6 nitrogen and oxygen atoms in total. The highest BCUT2D eigenvalue weighted by Crippen LogP contribution is 2.26. The number of rotatable bonds is 8. The number of guanidine groups is 1. The van der Waals surface area contributed by atoms with Gasteiger partial charge in [-0.3, -0.25) is 9.89 Å². The number of thiophene rings is 1. The molecule has 0 aliphatic carbocycles. The van der Waals surface area contributed by atoms with Crippen molar-refractivity contribution >= 4 is 41.3 Å². The van der Waals surface area contributed by atoms with Crippen LogP contribution in [0, 0.1) is 0 Å². The maximum absolute atomic E-state index is 5.50. The minimum absolute atomic E-state index is 0. The Kier molecular flexibility index (Phi) is 11.6. The van der Waals surface area contributed by atoms with E-state index in [1.165, 1.54) is 4.88 Å². The maximum atomic E-state index is 5.50. The van der Waals surface area contributed by atoms with Crippen molar-refractivity contribution in [2.45, 2.75) is 25.9 Å². The van der Waals surface area contributed by atoms with Crippen LogP contribution in [0.5, 0.6) is 0 Å². The summed E-state index contributed by atoms with van der Waals surface area (Å²) in [5.74, 6) is 0.844. The van der Waals surface area contributed by atoms with Crippen LogP contribution in [-0.2, 0) is 9.47 Å². The van der Waals surface area contributed by atoms with Crippen molar-refractivity contribution in [3.63, 3.8) is 0 Å². The monoisotopic (exact) mass is 482 g/mol. The fourth-order valence-electron chi connectivity index (χ4n) is 2.78. The molecule has 144 valence electrons.